The highest BCUT2D eigenvalue weighted by Gasteiger charge is 2.12. The molecule has 0 spiro atoms. The fourth-order valence-electron chi connectivity index (χ4n) is 2.75. The first-order chi connectivity index (χ1) is 12.0. The predicted molar refractivity (Wildman–Crippen MR) is 101 cm³/mol. The zero-order chi connectivity index (χ0) is 17.8. The molecule has 0 fully saturated rings. The second kappa shape index (κ2) is 7.18. The number of carbonyl (C=O) groups excluding carboxylic acids is 2. The molecule has 0 aliphatic heterocycles. The molecule has 2 N–H and O–H groups in total. The Hall–Kier alpha value is -3.14. The summed E-state index contributed by atoms with van der Waals surface area (Å²) in [6.45, 7) is 3.42. The Kier molecular flexibility index (Phi) is 4.80. The van der Waals surface area contributed by atoms with E-state index in [1.54, 1.807) is 24.3 Å². The molecule has 4 heteroatoms. The maximum absolute atomic E-state index is 12.4. The van der Waals surface area contributed by atoms with Crippen LogP contribution < -0.4 is 10.6 Å². The molecule has 0 saturated carbocycles. The summed E-state index contributed by atoms with van der Waals surface area (Å²) >= 11 is 0. The third-order valence-corrected chi connectivity index (χ3v) is 4.09. The average molecular weight is 332 g/mol. The van der Waals surface area contributed by atoms with E-state index in [0.29, 0.717) is 11.3 Å². The van der Waals surface area contributed by atoms with Crippen LogP contribution >= 0.6 is 0 Å². The van der Waals surface area contributed by atoms with Gasteiger partial charge in [0.15, 0.2) is 0 Å². The van der Waals surface area contributed by atoms with Gasteiger partial charge in [0.05, 0.1) is 6.04 Å². The SMILES string of the molecule is CC(=O)Nc1ccc(C(=O)NC(C)c2ccc3ccccc3c2)cc1. The standard InChI is InChI=1S/C21H20N2O2/c1-14(18-8-7-16-5-3-4-6-19(16)13-18)22-21(25)17-9-11-20(12-10-17)23-15(2)24/h3-14H,1-2H3,(H,22,25)(H,23,24). The number of nitrogens with one attached hydrogen (secondary N) is 2. The van der Waals surface area contributed by atoms with E-state index in [4.69, 9.17) is 0 Å². The van der Waals surface area contributed by atoms with Crippen LogP contribution in [0.3, 0.4) is 0 Å². The van der Waals surface area contributed by atoms with E-state index in [1.807, 2.05) is 25.1 Å². The molecule has 2 amide bonds. The third-order valence-electron chi connectivity index (χ3n) is 4.09. The number of rotatable bonds is 4. The molecule has 3 rings (SSSR count). The summed E-state index contributed by atoms with van der Waals surface area (Å²) in [7, 11) is 0. The maximum atomic E-state index is 12.4. The molecule has 0 saturated heterocycles. The van der Waals surface area contributed by atoms with Gasteiger partial charge < -0.3 is 10.6 Å². The van der Waals surface area contributed by atoms with Crippen LogP contribution in [-0.4, -0.2) is 11.8 Å². The number of carbonyl (C=O) groups is 2. The molecule has 126 valence electrons. The molecule has 4 nitrogen and oxygen atoms in total. The van der Waals surface area contributed by atoms with Gasteiger partial charge in [0.25, 0.3) is 5.91 Å². The molecule has 1 unspecified atom stereocenters. The van der Waals surface area contributed by atoms with Gasteiger partial charge in [-0.2, -0.15) is 0 Å². The van der Waals surface area contributed by atoms with Crippen molar-refractivity contribution < 1.29 is 9.59 Å². The molecular weight excluding hydrogens is 312 g/mol. The van der Waals surface area contributed by atoms with E-state index in [0.717, 1.165) is 10.9 Å². The molecule has 3 aromatic carbocycles. The van der Waals surface area contributed by atoms with E-state index in [-0.39, 0.29) is 17.9 Å². The van der Waals surface area contributed by atoms with Gasteiger partial charge in [-0.1, -0.05) is 36.4 Å². The summed E-state index contributed by atoms with van der Waals surface area (Å²) in [6, 6.07) is 21.1. The second-order valence-corrected chi connectivity index (χ2v) is 6.06. The van der Waals surface area contributed by atoms with E-state index < -0.39 is 0 Å². The monoisotopic (exact) mass is 332 g/mol. The zero-order valence-electron chi connectivity index (χ0n) is 14.2. The number of anilines is 1. The van der Waals surface area contributed by atoms with Crippen LogP contribution in [0, 0.1) is 0 Å². The maximum Gasteiger partial charge on any atom is 0.251 e. The molecule has 0 aromatic heterocycles. The Balaban J connectivity index is 1.71. The summed E-state index contributed by atoms with van der Waals surface area (Å²) in [5.41, 5.74) is 2.29. The third kappa shape index (κ3) is 4.04. The van der Waals surface area contributed by atoms with Gasteiger partial charge in [-0.25, -0.2) is 0 Å². The molecule has 1 atom stereocenters. The van der Waals surface area contributed by atoms with Crippen molar-refractivity contribution in [3.63, 3.8) is 0 Å². The van der Waals surface area contributed by atoms with E-state index in [2.05, 4.69) is 34.9 Å². The summed E-state index contributed by atoms with van der Waals surface area (Å²) in [6.07, 6.45) is 0. The van der Waals surface area contributed by atoms with Crippen LogP contribution in [0.1, 0.15) is 35.8 Å². The topological polar surface area (TPSA) is 58.2 Å². The van der Waals surface area contributed by atoms with Gasteiger partial charge in [0.2, 0.25) is 5.91 Å². The van der Waals surface area contributed by atoms with Crippen LogP contribution in [0.4, 0.5) is 5.69 Å². The Labute approximate surface area is 146 Å². The van der Waals surface area contributed by atoms with Crippen molar-refractivity contribution >= 4 is 28.3 Å². The number of amides is 2. The van der Waals surface area contributed by atoms with Crippen molar-refractivity contribution in [2.45, 2.75) is 19.9 Å². The van der Waals surface area contributed by atoms with E-state index in [1.165, 1.54) is 12.3 Å². The summed E-state index contributed by atoms with van der Waals surface area (Å²) in [5, 5.41) is 8.03. The van der Waals surface area contributed by atoms with Crippen molar-refractivity contribution in [2.24, 2.45) is 0 Å². The minimum absolute atomic E-state index is 0.105. The number of fused-ring (bicyclic) bond motifs is 1. The lowest BCUT2D eigenvalue weighted by Gasteiger charge is -2.15. The van der Waals surface area contributed by atoms with Gasteiger partial charge in [-0.05, 0) is 53.6 Å². The van der Waals surface area contributed by atoms with Gasteiger partial charge in [0.1, 0.15) is 0 Å². The Morgan fingerprint density at radius 2 is 1.56 bits per heavy atom. The Bertz CT molecular complexity index is 917. The van der Waals surface area contributed by atoms with Crippen molar-refractivity contribution in [3.8, 4) is 0 Å². The molecular formula is C21H20N2O2. The van der Waals surface area contributed by atoms with Gasteiger partial charge in [0, 0.05) is 18.2 Å². The lowest BCUT2D eigenvalue weighted by Crippen LogP contribution is -2.26. The molecule has 0 aliphatic carbocycles. The number of benzene rings is 3. The summed E-state index contributed by atoms with van der Waals surface area (Å²) in [5.74, 6) is -0.280. The van der Waals surface area contributed by atoms with Crippen LogP contribution in [0.15, 0.2) is 66.7 Å². The average Bonchev–Trinajstić information content (AvgIpc) is 2.61. The van der Waals surface area contributed by atoms with Gasteiger partial charge in [-0.3, -0.25) is 9.59 Å². The van der Waals surface area contributed by atoms with E-state index in [9.17, 15) is 9.59 Å². The molecule has 0 radical (unpaired) electrons. The largest absolute Gasteiger partial charge is 0.346 e. The normalized spacial score (nSPS) is 11.8. The van der Waals surface area contributed by atoms with Crippen LogP contribution in [-0.2, 0) is 4.79 Å². The smallest absolute Gasteiger partial charge is 0.251 e. The van der Waals surface area contributed by atoms with Crippen LogP contribution in [0.2, 0.25) is 0 Å². The van der Waals surface area contributed by atoms with Crippen molar-refractivity contribution in [1.82, 2.24) is 5.32 Å². The number of hydrogen-bond donors (Lipinski definition) is 2. The van der Waals surface area contributed by atoms with Crippen LogP contribution in [0.25, 0.3) is 10.8 Å². The van der Waals surface area contributed by atoms with Crippen molar-refractivity contribution in [2.75, 3.05) is 5.32 Å². The highest BCUT2D eigenvalue weighted by Crippen LogP contribution is 2.20. The van der Waals surface area contributed by atoms with Crippen molar-refractivity contribution in [1.29, 1.82) is 0 Å². The first-order valence-electron chi connectivity index (χ1n) is 8.20. The highest BCUT2D eigenvalue weighted by atomic mass is 16.2. The molecule has 0 bridgehead atoms. The lowest BCUT2D eigenvalue weighted by atomic mass is 10.0. The molecule has 0 aliphatic rings. The minimum atomic E-state index is -0.143. The number of hydrogen-bond acceptors (Lipinski definition) is 2. The summed E-state index contributed by atoms with van der Waals surface area (Å²) in [4.78, 5) is 23.5. The minimum Gasteiger partial charge on any atom is -0.346 e. The van der Waals surface area contributed by atoms with Crippen LogP contribution in [0.5, 0.6) is 0 Å². The van der Waals surface area contributed by atoms with Gasteiger partial charge in [-0.15, -0.1) is 0 Å². The Morgan fingerprint density at radius 1 is 0.880 bits per heavy atom. The highest BCUT2D eigenvalue weighted by molar-refractivity contribution is 5.95. The quantitative estimate of drug-likeness (QED) is 0.749. The summed E-state index contributed by atoms with van der Waals surface area (Å²) < 4.78 is 0. The van der Waals surface area contributed by atoms with Gasteiger partial charge >= 0.3 is 0 Å². The molecule has 0 heterocycles. The van der Waals surface area contributed by atoms with E-state index >= 15 is 0 Å². The fourth-order valence-corrected chi connectivity index (χ4v) is 2.75. The first kappa shape index (κ1) is 16.7. The first-order valence-corrected chi connectivity index (χ1v) is 8.20. The Morgan fingerprint density at radius 3 is 2.24 bits per heavy atom. The predicted octanol–water partition coefficient (Wildman–Crippen LogP) is 4.29. The zero-order valence-corrected chi connectivity index (χ0v) is 14.2. The molecule has 3 aromatic rings. The molecule has 25 heavy (non-hydrogen) atoms. The fraction of sp³-hybridized carbons (Fsp3) is 0.143. The second-order valence-electron chi connectivity index (χ2n) is 6.06. The lowest BCUT2D eigenvalue weighted by molar-refractivity contribution is -0.114. The van der Waals surface area contributed by atoms with Crippen molar-refractivity contribution in [3.05, 3.63) is 77.9 Å².